The molecule has 3 aliphatic heterocycles. The van der Waals surface area contributed by atoms with Crippen molar-refractivity contribution in [2.75, 3.05) is 13.1 Å². The average Bonchev–Trinajstić information content (AvgIpc) is 3.09. The predicted octanol–water partition coefficient (Wildman–Crippen LogP) is 0.991. The Morgan fingerprint density at radius 3 is 2.33 bits per heavy atom. The van der Waals surface area contributed by atoms with Gasteiger partial charge >= 0.3 is 5.97 Å². The van der Waals surface area contributed by atoms with E-state index in [1.807, 2.05) is 6.92 Å². The van der Waals surface area contributed by atoms with Crippen molar-refractivity contribution >= 4 is 5.97 Å². The fraction of sp³-hybridized carbons (Fsp3) is 0.906. The maximum absolute atomic E-state index is 12.9. The van der Waals surface area contributed by atoms with Crippen molar-refractivity contribution in [2.24, 2.45) is 29.1 Å². The number of aliphatic hydroxyl groups is 6. The second-order valence-corrected chi connectivity index (χ2v) is 15.7. The molecule has 14 atom stereocenters. The monoisotopic (exact) mass is 591 g/mol. The topological polar surface area (TPSA) is 160 Å². The van der Waals surface area contributed by atoms with Crippen molar-refractivity contribution in [1.29, 1.82) is 0 Å². The largest absolute Gasteiger partial charge is 0.453 e. The third-order valence-corrected chi connectivity index (χ3v) is 14.1. The van der Waals surface area contributed by atoms with Crippen LogP contribution in [0, 0.1) is 29.1 Å². The first-order chi connectivity index (χ1) is 19.5. The number of aliphatic hydroxyl groups excluding tert-OH is 1. The molecule has 7 fully saturated rings. The van der Waals surface area contributed by atoms with E-state index < -0.39 is 75.1 Å². The lowest BCUT2D eigenvalue weighted by atomic mass is 9.49. The molecule has 10 heteroatoms. The van der Waals surface area contributed by atoms with Crippen LogP contribution in [0.3, 0.4) is 0 Å². The summed E-state index contributed by atoms with van der Waals surface area (Å²) in [7, 11) is 0. The van der Waals surface area contributed by atoms with Gasteiger partial charge in [-0.05, 0) is 65.2 Å². The second kappa shape index (κ2) is 8.57. The minimum Gasteiger partial charge on any atom is -0.453 e. The minimum atomic E-state index is -2.06. The number of allylic oxidation sites excluding steroid dienone is 1. The van der Waals surface area contributed by atoms with Crippen molar-refractivity contribution < 1.29 is 44.9 Å². The van der Waals surface area contributed by atoms with Crippen LogP contribution in [0.15, 0.2) is 11.6 Å². The van der Waals surface area contributed by atoms with Gasteiger partial charge in [0.2, 0.25) is 5.79 Å². The standard InChI is InChI=1S/C32H49NO9/c1-6-18(3)25(35)41-24-11-12-26(4)19-8-9-20-28(37)13-23(34)31(39)21(29(28,38)16-30(20,26)42-32(19,24)40)15-33-14-17(2)7-10-22(33)27(31,5)36/h6,17,19-24,34,36-40H,7-16H2,1-5H3/b18-6-/t17-,19-,20-,21-,22-,23+,24+,26+,27-,28-,29+,30+,31-,32-/m1/s1. The SMILES string of the molecule is C/C=C(/C)C(=O)O[C@H]1CC[C@@]2(C)[C@H]3CC[C@@H]4[C@]5(O)C[C@H](O)[C@]6(O)[C@H](CN7C[C@H](C)CC[C@@H]7[C@@]6(C)O)[C@@]5(O)C[C@]42O[C@@]13O. The Bertz CT molecular complexity index is 1220. The molecule has 236 valence electrons. The number of hydrogen-bond donors (Lipinski definition) is 6. The van der Waals surface area contributed by atoms with Crippen molar-refractivity contribution in [1.82, 2.24) is 4.90 Å². The number of rotatable bonds is 2. The zero-order valence-electron chi connectivity index (χ0n) is 25.5. The number of fused-ring (bicyclic) bond motifs is 5. The number of carbonyl (C=O) groups is 1. The summed E-state index contributed by atoms with van der Waals surface area (Å²) in [6.07, 6.45) is 2.30. The van der Waals surface area contributed by atoms with E-state index in [1.54, 1.807) is 26.8 Å². The molecule has 6 N–H and O–H groups in total. The first-order valence-electron chi connectivity index (χ1n) is 16.0. The molecule has 10 nitrogen and oxygen atoms in total. The molecule has 4 bridgehead atoms. The van der Waals surface area contributed by atoms with Crippen molar-refractivity contribution in [3.8, 4) is 0 Å². The van der Waals surface area contributed by atoms with Crippen LogP contribution in [0.5, 0.6) is 0 Å². The van der Waals surface area contributed by atoms with E-state index in [9.17, 15) is 35.4 Å². The highest BCUT2D eigenvalue weighted by Gasteiger charge is 2.88. The summed E-state index contributed by atoms with van der Waals surface area (Å²) in [5.41, 5.74) is -8.96. The lowest BCUT2D eigenvalue weighted by Crippen LogP contribution is -2.85. The Balaban J connectivity index is 1.32. The molecule has 42 heavy (non-hydrogen) atoms. The zero-order valence-corrected chi connectivity index (χ0v) is 25.5. The highest BCUT2D eigenvalue weighted by molar-refractivity contribution is 5.87. The smallest absolute Gasteiger partial charge is 0.333 e. The minimum absolute atomic E-state index is 0.0606. The average molecular weight is 592 g/mol. The van der Waals surface area contributed by atoms with Gasteiger partial charge in [-0.3, -0.25) is 4.90 Å². The van der Waals surface area contributed by atoms with Gasteiger partial charge in [0.25, 0.3) is 0 Å². The van der Waals surface area contributed by atoms with Crippen LogP contribution < -0.4 is 0 Å². The Kier molecular flexibility index (Phi) is 6.04. The molecule has 0 aromatic heterocycles. The molecule has 7 rings (SSSR count). The maximum Gasteiger partial charge on any atom is 0.333 e. The molecule has 1 spiro atoms. The van der Waals surface area contributed by atoms with E-state index in [-0.39, 0.29) is 25.4 Å². The van der Waals surface area contributed by atoms with Crippen LogP contribution in [-0.4, -0.2) is 107 Å². The summed E-state index contributed by atoms with van der Waals surface area (Å²) >= 11 is 0. The molecule has 0 unspecified atom stereocenters. The van der Waals surface area contributed by atoms with Gasteiger partial charge in [0.1, 0.15) is 22.4 Å². The molecule has 0 aromatic carbocycles. The maximum atomic E-state index is 12.9. The number of ether oxygens (including phenoxy) is 2. The van der Waals surface area contributed by atoms with Crippen LogP contribution in [0.4, 0.5) is 0 Å². The van der Waals surface area contributed by atoms with Gasteiger partial charge in [-0.15, -0.1) is 0 Å². The van der Waals surface area contributed by atoms with E-state index in [4.69, 9.17) is 9.47 Å². The number of esters is 1. The lowest BCUT2D eigenvalue weighted by Gasteiger charge is -2.68. The number of piperidine rings is 2. The summed E-state index contributed by atoms with van der Waals surface area (Å²) in [5.74, 6) is -4.05. The highest BCUT2D eigenvalue weighted by atomic mass is 16.7. The molecular formula is C32H49NO9. The summed E-state index contributed by atoms with van der Waals surface area (Å²) in [4.78, 5) is 14.9. The van der Waals surface area contributed by atoms with Crippen LogP contribution in [-0.2, 0) is 14.3 Å². The van der Waals surface area contributed by atoms with E-state index >= 15 is 0 Å². The molecule has 4 aliphatic carbocycles. The van der Waals surface area contributed by atoms with Crippen LogP contribution >= 0.6 is 0 Å². The molecule has 3 saturated heterocycles. The summed E-state index contributed by atoms with van der Waals surface area (Å²) in [6, 6.07) is -0.387. The van der Waals surface area contributed by atoms with E-state index in [2.05, 4.69) is 11.8 Å². The summed E-state index contributed by atoms with van der Waals surface area (Å²) in [6.45, 7) is 10.1. The van der Waals surface area contributed by atoms with Gasteiger partial charge in [-0.2, -0.15) is 0 Å². The fourth-order valence-corrected chi connectivity index (χ4v) is 11.8. The Hall–Kier alpha value is -1.11. The first-order valence-corrected chi connectivity index (χ1v) is 16.0. The molecule has 3 heterocycles. The lowest BCUT2D eigenvalue weighted by molar-refractivity contribution is -0.354. The van der Waals surface area contributed by atoms with Crippen LogP contribution in [0.1, 0.15) is 86.0 Å². The van der Waals surface area contributed by atoms with Crippen molar-refractivity contribution in [3.05, 3.63) is 11.6 Å². The predicted molar refractivity (Wildman–Crippen MR) is 150 cm³/mol. The first kappa shape index (κ1) is 29.6. The molecule has 7 aliphatic rings. The Morgan fingerprint density at radius 2 is 1.64 bits per heavy atom. The van der Waals surface area contributed by atoms with Gasteiger partial charge in [-0.25, -0.2) is 4.79 Å². The van der Waals surface area contributed by atoms with Gasteiger partial charge < -0.3 is 40.1 Å². The van der Waals surface area contributed by atoms with E-state index in [1.165, 1.54) is 0 Å². The van der Waals surface area contributed by atoms with Crippen LogP contribution in [0.2, 0.25) is 0 Å². The van der Waals surface area contributed by atoms with Crippen molar-refractivity contribution in [2.45, 2.75) is 138 Å². The normalized spacial score (nSPS) is 60.3. The Labute approximate surface area is 247 Å². The quantitative estimate of drug-likeness (QED) is 0.202. The number of carbonyl (C=O) groups excluding carboxylic acids is 1. The third-order valence-electron chi connectivity index (χ3n) is 14.1. The zero-order chi connectivity index (χ0) is 30.5. The number of nitrogens with zero attached hydrogens (tertiary/aromatic N) is 1. The summed E-state index contributed by atoms with van der Waals surface area (Å²) in [5, 5.41) is 73.9. The van der Waals surface area contributed by atoms with Gasteiger partial charge in [-0.1, -0.05) is 19.9 Å². The number of hydrogen-bond acceptors (Lipinski definition) is 10. The fourth-order valence-electron chi connectivity index (χ4n) is 11.8. The highest BCUT2D eigenvalue weighted by Crippen LogP contribution is 2.78. The van der Waals surface area contributed by atoms with Crippen molar-refractivity contribution in [3.63, 3.8) is 0 Å². The molecule has 0 amide bonds. The van der Waals surface area contributed by atoms with Crippen LogP contribution in [0.25, 0.3) is 0 Å². The molecule has 4 saturated carbocycles. The third kappa shape index (κ3) is 3.07. The van der Waals surface area contributed by atoms with Gasteiger partial charge in [0, 0.05) is 60.7 Å². The second-order valence-electron chi connectivity index (χ2n) is 15.7. The molecule has 0 radical (unpaired) electrons. The molecule has 0 aromatic rings. The Morgan fingerprint density at radius 1 is 0.952 bits per heavy atom. The van der Waals surface area contributed by atoms with Gasteiger partial charge in [0.15, 0.2) is 6.10 Å². The van der Waals surface area contributed by atoms with E-state index in [0.29, 0.717) is 50.1 Å². The molecular weight excluding hydrogens is 542 g/mol. The summed E-state index contributed by atoms with van der Waals surface area (Å²) < 4.78 is 12.6. The van der Waals surface area contributed by atoms with Gasteiger partial charge in [0.05, 0.1) is 11.7 Å². The van der Waals surface area contributed by atoms with E-state index in [0.717, 1.165) is 6.42 Å².